The molecule has 23 heavy (non-hydrogen) atoms. The Morgan fingerprint density at radius 1 is 1.00 bits per heavy atom. The van der Waals surface area contributed by atoms with E-state index in [0.717, 1.165) is 37.4 Å². The Labute approximate surface area is 138 Å². The third kappa shape index (κ3) is 3.71. The highest BCUT2D eigenvalue weighted by Crippen LogP contribution is 2.31. The van der Waals surface area contributed by atoms with Crippen molar-refractivity contribution in [1.29, 1.82) is 0 Å². The van der Waals surface area contributed by atoms with Crippen LogP contribution in [0.4, 0.5) is 5.69 Å². The summed E-state index contributed by atoms with van der Waals surface area (Å²) in [4.78, 5) is 9.20. The van der Waals surface area contributed by atoms with Gasteiger partial charge in [-0.15, -0.1) is 0 Å². The molecule has 1 aliphatic rings. The van der Waals surface area contributed by atoms with Gasteiger partial charge in [0.05, 0.1) is 5.69 Å². The molecule has 0 amide bonds. The molecule has 0 aliphatic carbocycles. The van der Waals surface area contributed by atoms with Crippen molar-refractivity contribution in [2.45, 2.75) is 6.92 Å². The van der Waals surface area contributed by atoms with Crippen LogP contribution in [0.15, 0.2) is 53.5 Å². The fourth-order valence-corrected chi connectivity index (χ4v) is 2.83. The van der Waals surface area contributed by atoms with E-state index in [1.165, 1.54) is 11.1 Å². The molecule has 2 N–H and O–H groups in total. The summed E-state index contributed by atoms with van der Waals surface area (Å²) < 4.78 is 0. The summed E-state index contributed by atoms with van der Waals surface area (Å²) in [5.41, 5.74) is 10.7. The van der Waals surface area contributed by atoms with Crippen molar-refractivity contribution in [3.63, 3.8) is 0 Å². The summed E-state index contributed by atoms with van der Waals surface area (Å²) in [6, 6.07) is 16.7. The Bertz CT molecular complexity index is 686. The highest BCUT2D eigenvalue weighted by atomic mass is 15.3. The Hall–Kier alpha value is -2.33. The number of likely N-dealkylation sites (N-methyl/N-ethyl adjacent to an activating group) is 1. The number of rotatable bonds is 2. The molecule has 0 bridgehead atoms. The number of aryl methyl sites for hydroxylation is 1. The van der Waals surface area contributed by atoms with Crippen molar-refractivity contribution in [3.8, 4) is 11.1 Å². The third-order valence-corrected chi connectivity index (χ3v) is 4.30. The molecule has 1 fully saturated rings. The first kappa shape index (κ1) is 15.6. The summed E-state index contributed by atoms with van der Waals surface area (Å²) >= 11 is 0. The van der Waals surface area contributed by atoms with E-state index in [0.29, 0.717) is 5.96 Å². The molecule has 4 heteroatoms. The van der Waals surface area contributed by atoms with Crippen molar-refractivity contribution >= 4 is 11.6 Å². The maximum absolute atomic E-state index is 6.27. The fraction of sp³-hybridized carbons (Fsp3) is 0.316. The topological polar surface area (TPSA) is 44.9 Å². The molecule has 1 heterocycles. The molecule has 4 nitrogen and oxygen atoms in total. The second kappa shape index (κ2) is 6.84. The summed E-state index contributed by atoms with van der Waals surface area (Å²) in [6.07, 6.45) is 0. The normalized spacial score (nSPS) is 16.6. The van der Waals surface area contributed by atoms with Crippen LogP contribution < -0.4 is 5.73 Å². The van der Waals surface area contributed by atoms with Gasteiger partial charge in [0.1, 0.15) is 0 Å². The average molecular weight is 308 g/mol. The lowest BCUT2D eigenvalue weighted by molar-refractivity contribution is 0.214. The van der Waals surface area contributed by atoms with Crippen LogP contribution in [0, 0.1) is 6.92 Å². The SMILES string of the molecule is Cc1ccc(N=C(N)N2CCN(C)CC2)c(-c2ccccc2)c1. The molecule has 3 rings (SSSR count). The standard InChI is InChI=1S/C19H24N4/c1-15-8-9-18(17(14-15)16-6-4-3-5-7-16)21-19(20)23-12-10-22(2)11-13-23/h3-9,14H,10-13H2,1-2H3,(H2,20,21). The number of hydrogen-bond donors (Lipinski definition) is 1. The smallest absolute Gasteiger partial charge is 0.196 e. The van der Waals surface area contributed by atoms with E-state index in [-0.39, 0.29) is 0 Å². The van der Waals surface area contributed by atoms with Crippen LogP contribution in [0.3, 0.4) is 0 Å². The van der Waals surface area contributed by atoms with Gasteiger partial charge in [0.25, 0.3) is 0 Å². The summed E-state index contributed by atoms with van der Waals surface area (Å²) in [7, 11) is 2.14. The Balaban J connectivity index is 1.92. The molecule has 0 spiro atoms. The maximum Gasteiger partial charge on any atom is 0.196 e. The van der Waals surface area contributed by atoms with E-state index in [1.54, 1.807) is 0 Å². The van der Waals surface area contributed by atoms with Gasteiger partial charge < -0.3 is 15.5 Å². The minimum atomic E-state index is 0.610. The molecule has 0 atom stereocenters. The van der Waals surface area contributed by atoms with Gasteiger partial charge in [-0.05, 0) is 31.7 Å². The molecule has 0 unspecified atom stereocenters. The molecule has 0 radical (unpaired) electrons. The van der Waals surface area contributed by atoms with E-state index < -0.39 is 0 Å². The van der Waals surface area contributed by atoms with Gasteiger partial charge >= 0.3 is 0 Å². The van der Waals surface area contributed by atoms with Crippen molar-refractivity contribution in [1.82, 2.24) is 9.80 Å². The Morgan fingerprint density at radius 2 is 1.70 bits per heavy atom. The first-order valence-corrected chi connectivity index (χ1v) is 8.07. The lowest BCUT2D eigenvalue weighted by Gasteiger charge is -2.33. The van der Waals surface area contributed by atoms with Crippen LogP contribution in [0.5, 0.6) is 0 Å². The zero-order valence-electron chi connectivity index (χ0n) is 13.9. The van der Waals surface area contributed by atoms with Crippen molar-refractivity contribution in [2.24, 2.45) is 10.7 Å². The number of guanidine groups is 1. The van der Waals surface area contributed by atoms with Crippen LogP contribution >= 0.6 is 0 Å². The average Bonchev–Trinajstić information content (AvgIpc) is 2.58. The molecular formula is C19H24N4. The van der Waals surface area contributed by atoms with Crippen LogP contribution in [0.25, 0.3) is 11.1 Å². The predicted molar refractivity (Wildman–Crippen MR) is 97.0 cm³/mol. The number of hydrogen-bond acceptors (Lipinski definition) is 2. The maximum atomic E-state index is 6.27. The Kier molecular flexibility index (Phi) is 4.63. The Morgan fingerprint density at radius 3 is 2.39 bits per heavy atom. The summed E-state index contributed by atoms with van der Waals surface area (Å²) in [5.74, 6) is 0.610. The minimum absolute atomic E-state index is 0.610. The molecule has 2 aromatic rings. The van der Waals surface area contributed by atoms with Gasteiger partial charge in [-0.3, -0.25) is 0 Å². The number of piperazine rings is 1. The van der Waals surface area contributed by atoms with Gasteiger partial charge in [-0.1, -0.05) is 42.0 Å². The number of aliphatic imine (C=N–C) groups is 1. The zero-order chi connectivity index (χ0) is 16.2. The quantitative estimate of drug-likeness (QED) is 0.685. The minimum Gasteiger partial charge on any atom is -0.369 e. The van der Waals surface area contributed by atoms with Crippen molar-refractivity contribution < 1.29 is 0 Å². The zero-order valence-corrected chi connectivity index (χ0v) is 13.9. The van der Waals surface area contributed by atoms with Gasteiger partial charge in [-0.25, -0.2) is 4.99 Å². The highest BCUT2D eigenvalue weighted by Gasteiger charge is 2.16. The lowest BCUT2D eigenvalue weighted by atomic mass is 10.0. The van der Waals surface area contributed by atoms with Crippen LogP contribution in [-0.4, -0.2) is 49.0 Å². The molecule has 1 saturated heterocycles. The molecule has 2 aromatic carbocycles. The first-order chi connectivity index (χ1) is 11.1. The van der Waals surface area contributed by atoms with Gasteiger partial charge in [-0.2, -0.15) is 0 Å². The van der Waals surface area contributed by atoms with E-state index in [9.17, 15) is 0 Å². The second-order valence-corrected chi connectivity index (χ2v) is 6.15. The van der Waals surface area contributed by atoms with E-state index >= 15 is 0 Å². The van der Waals surface area contributed by atoms with E-state index in [1.807, 2.05) is 6.07 Å². The molecule has 1 aliphatic heterocycles. The lowest BCUT2D eigenvalue weighted by Crippen LogP contribution is -2.49. The predicted octanol–water partition coefficient (Wildman–Crippen LogP) is 2.86. The number of benzene rings is 2. The van der Waals surface area contributed by atoms with E-state index in [4.69, 9.17) is 10.7 Å². The molecular weight excluding hydrogens is 284 g/mol. The van der Waals surface area contributed by atoms with Gasteiger partial charge in [0, 0.05) is 31.7 Å². The van der Waals surface area contributed by atoms with Crippen molar-refractivity contribution in [2.75, 3.05) is 33.2 Å². The highest BCUT2D eigenvalue weighted by molar-refractivity contribution is 5.86. The molecule has 0 aromatic heterocycles. The second-order valence-electron chi connectivity index (χ2n) is 6.15. The largest absolute Gasteiger partial charge is 0.369 e. The number of nitrogens with two attached hydrogens (primary N) is 1. The third-order valence-electron chi connectivity index (χ3n) is 4.30. The van der Waals surface area contributed by atoms with Crippen LogP contribution in [0.2, 0.25) is 0 Å². The fourth-order valence-electron chi connectivity index (χ4n) is 2.83. The van der Waals surface area contributed by atoms with Gasteiger partial charge in [0.2, 0.25) is 0 Å². The van der Waals surface area contributed by atoms with Crippen LogP contribution in [-0.2, 0) is 0 Å². The van der Waals surface area contributed by atoms with E-state index in [2.05, 4.69) is 66.2 Å². The molecule has 0 saturated carbocycles. The summed E-state index contributed by atoms with van der Waals surface area (Å²) in [6.45, 7) is 6.01. The monoisotopic (exact) mass is 308 g/mol. The number of nitrogens with zero attached hydrogens (tertiary/aromatic N) is 3. The molecule has 120 valence electrons. The first-order valence-electron chi connectivity index (χ1n) is 8.07. The van der Waals surface area contributed by atoms with Crippen LogP contribution in [0.1, 0.15) is 5.56 Å². The van der Waals surface area contributed by atoms with Gasteiger partial charge in [0.15, 0.2) is 5.96 Å². The summed E-state index contributed by atoms with van der Waals surface area (Å²) in [5, 5.41) is 0. The van der Waals surface area contributed by atoms with Crippen molar-refractivity contribution in [3.05, 3.63) is 54.1 Å².